The molecule has 120 valence electrons. The van der Waals surface area contributed by atoms with Gasteiger partial charge in [-0.2, -0.15) is 0 Å². The van der Waals surface area contributed by atoms with Crippen LogP contribution >= 0.6 is 0 Å². The second kappa shape index (κ2) is 11.6. The number of nitrogens with zero attached hydrogens (tertiary/aromatic N) is 1. The maximum atomic E-state index is 3.55. The van der Waals surface area contributed by atoms with Crippen LogP contribution in [0.4, 0.5) is 5.69 Å². The summed E-state index contributed by atoms with van der Waals surface area (Å²) in [4.78, 5) is 2.49. The first-order valence-corrected chi connectivity index (χ1v) is 8.86. The van der Waals surface area contributed by atoms with Gasteiger partial charge in [0.15, 0.2) is 0 Å². The number of unbranched alkanes of at least 4 members (excludes halogenated alkanes) is 3. The highest BCUT2D eigenvalue weighted by atomic mass is 15.1. The van der Waals surface area contributed by atoms with Crippen LogP contribution in [0.3, 0.4) is 0 Å². The fourth-order valence-electron chi connectivity index (χ4n) is 2.64. The summed E-state index contributed by atoms with van der Waals surface area (Å²) in [7, 11) is 0. The zero-order chi connectivity index (χ0) is 15.3. The van der Waals surface area contributed by atoms with Crippen LogP contribution in [0, 0.1) is 0 Å². The second-order valence-corrected chi connectivity index (χ2v) is 5.89. The molecule has 0 aliphatic carbocycles. The Bertz CT molecular complexity index is 339. The average Bonchev–Trinajstić information content (AvgIpc) is 2.51. The molecule has 0 saturated carbocycles. The highest BCUT2D eigenvalue weighted by molar-refractivity contribution is 5.47. The molecule has 0 radical (unpaired) electrons. The first kappa shape index (κ1) is 18.0. The summed E-state index contributed by atoms with van der Waals surface area (Å²) in [5.74, 6) is 0. The molecule has 1 aromatic rings. The molecule has 0 aliphatic heterocycles. The van der Waals surface area contributed by atoms with Crippen LogP contribution in [0.1, 0.15) is 64.9 Å². The van der Waals surface area contributed by atoms with E-state index in [-0.39, 0.29) is 0 Å². The molecule has 0 aromatic heterocycles. The quantitative estimate of drug-likeness (QED) is 0.546. The van der Waals surface area contributed by atoms with Crippen LogP contribution in [0.5, 0.6) is 0 Å². The van der Waals surface area contributed by atoms with Gasteiger partial charge < -0.3 is 10.2 Å². The van der Waals surface area contributed by atoms with E-state index in [4.69, 9.17) is 0 Å². The standard InChI is InChI=1S/C19H34N2/c1-4-7-8-9-14-20-17-18-10-12-19(13-11-18)21(15-5-2)16-6-3/h10-13,20H,4-9,14-17H2,1-3H3. The Morgan fingerprint density at radius 3 is 2.05 bits per heavy atom. The van der Waals surface area contributed by atoms with Gasteiger partial charge in [0.2, 0.25) is 0 Å². The van der Waals surface area contributed by atoms with Gasteiger partial charge >= 0.3 is 0 Å². The van der Waals surface area contributed by atoms with Crippen molar-refractivity contribution in [3.63, 3.8) is 0 Å². The molecule has 0 spiro atoms. The topological polar surface area (TPSA) is 15.3 Å². The number of anilines is 1. The summed E-state index contributed by atoms with van der Waals surface area (Å²) in [5, 5.41) is 3.55. The molecule has 0 heterocycles. The maximum Gasteiger partial charge on any atom is 0.0366 e. The third-order valence-electron chi connectivity index (χ3n) is 3.82. The van der Waals surface area contributed by atoms with Gasteiger partial charge in [-0.3, -0.25) is 0 Å². The SMILES string of the molecule is CCCCCCNCc1ccc(N(CCC)CCC)cc1. The van der Waals surface area contributed by atoms with Crippen LogP contribution < -0.4 is 10.2 Å². The molecule has 21 heavy (non-hydrogen) atoms. The molecular formula is C19H34N2. The molecule has 0 aliphatic rings. The van der Waals surface area contributed by atoms with Crippen molar-refractivity contribution in [1.29, 1.82) is 0 Å². The lowest BCUT2D eigenvalue weighted by Gasteiger charge is -2.24. The van der Waals surface area contributed by atoms with Crippen molar-refractivity contribution in [2.75, 3.05) is 24.5 Å². The number of rotatable bonds is 12. The van der Waals surface area contributed by atoms with Crippen LogP contribution in [0.15, 0.2) is 24.3 Å². The molecule has 1 rings (SSSR count). The molecule has 0 bridgehead atoms. The highest BCUT2D eigenvalue weighted by Crippen LogP contribution is 2.16. The lowest BCUT2D eigenvalue weighted by Crippen LogP contribution is -2.24. The summed E-state index contributed by atoms with van der Waals surface area (Å²) in [5.41, 5.74) is 2.76. The minimum atomic E-state index is 0.994. The summed E-state index contributed by atoms with van der Waals surface area (Å²) < 4.78 is 0. The van der Waals surface area contributed by atoms with Gasteiger partial charge in [0.05, 0.1) is 0 Å². The summed E-state index contributed by atoms with van der Waals surface area (Å²) in [6, 6.07) is 9.10. The average molecular weight is 290 g/mol. The Kier molecular flexibility index (Phi) is 9.98. The minimum absolute atomic E-state index is 0.994. The summed E-state index contributed by atoms with van der Waals surface area (Å²) in [6.45, 7) is 11.2. The number of benzene rings is 1. The molecule has 2 heteroatoms. The first-order chi connectivity index (χ1) is 10.3. The highest BCUT2D eigenvalue weighted by Gasteiger charge is 2.04. The van der Waals surface area contributed by atoms with Gasteiger partial charge in [-0.25, -0.2) is 0 Å². The Morgan fingerprint density at radius 2 is 1.48 bits per heavy atom. The smallest absolute Gasteiger partial charge is 0.0366 e. The zero-order valence-electron chi connectivity index (χ0n) is 14.3. The van der Waals surface area contributed by atoms with Crippen LogP contribution in [-0.2, 0) is 6.54 Å². The van der Waals surface area contributed by atoms with Crippen molar-refractivity contribution in [3.8, 4) is 0 Å². The fourth-order valence-corrected chi connectivity index (χ4v) is 2.64. The van der Waals surface area contributed by atoms with Gasteiger partial charge in [-0.1, -0.05) is 52.2 Å². The predicted octanol–water partition coefficient (Wildman–Crippen LogP) is 4.98. The Morgan fingerprint density at radius 1 is 0.810 bits per heavy atom. The molecule has 0 amide bonds. The molecule has 0 fully saturated rings. The molecular weight excluding hydrogens is 256 g/mol. The number of nitrogens with one attached hydrogen (secondary N) is 1. The van der Waals surface area contributed by atoms with E-state index in [2.05, 4.69) is 55.3 Å². The van der Waals surface area contributed by atoms with Crippen LogP contribution in [-0.4, -0.2) is 19.6 Å². The van der Waals surface area contributed by atoms with Crippen molar-refractivity contribution in [2.24, 2.45) is 0 Å². The summed E-state index contributed by atoms with van der Waals surface area (Å²) in [6.07, 6.45) is 7.74. The van der Waals surface area contributed by atoms with Gasteiger partial charge in [0.1, 0.15) is 0 Å². The fraction of sp³-hybridized carbons (Fsp3) is 0.684. The van der Waals surface area contributed by atoms with Gasteiger partial charge in [-0.15, -0.1) is 0 Å². The first-order valence-electron chi connectivity index (χ1n) is 8.86. The molecule has 0 unspecified atom stereocenters. The van der Waals surface area contributed by atoms with Crippen molar-refractivity contribution >= 4 is 5.69 Å². The molecule has 2 nitrogen and oxygen atoms in total. The lowest BCUT2D eigenvalue weighted by molar-refractivity contribution is 0.598. The Balaban J connectivity index is 2.35. The van der Waals surface area contributed by atoms with Crippen molar-refractivity contribution in [2.45, 2.75) is 65.8 Å². The van der Waals surface area contributed by atoms with Crippen LogP contribution in [0.25, 0.3) is 0 Å². The van der Waals surface area contributed by atoms with Crippen molar-refractivity contribution in [3.05, 3.63) is 29.8 Å². The van der Waals surface area contributed by atoms with Gasteiger partial charge in [0.25, 0.3) is 0 Å². The number of hydrogen-bond acceptors (Lipinski definition) is 2. The van der Waals surface area contributed by atoms with E-state index >= 15 is 0 Å². The van der Waals surface area contributed by atoms with Crippen LogP contribution in [0.2, 0.25) is 0 Å². The largest absolute Gasteiger partial charge is 0.372 e. The van der Waals surface area contributed by atoms with Gasteiger partial charge in [0, 0.05) is 25.3 Å². The van der Waals surface area contributed by atoms with Crippen molar-refractivity contribution < 1.29 is 0 Å². The van der Waals surface area contributed by atoms with E-state index in [9.17, 15) is 0 Å². The molecule has 0 atom stereocenters. The van der Waals surface area contributed by atoms with E-state index in [0.717, 1.165) is 26.2 Å². The third-order valence-corrected chi connectivity index (χ3v) is 3.82. The molecule has 1 aromatic carbocycles. The van der Waals surface area contributed by atoms with E-state index in [1.165, 1.54) is 49.8 Å². The molecule has 0 saturated heterocycles. The van der Waals surface area contributed by atoms with E-state index in [1.54, 1.807) is 0 Å². The van der Waals surface area contributed by atoms with Crippen molar-refractivity contribution in [1.82, 2.24) is 5.32 Å². The zero-order valence-corrected chi connectivity index (χ0v) is 14.3. The van der Waals surface area contributed by atoms with Gasteiger partial charge in [-0.05, 0) is 43.5 Å². The second-order valence-electron chi connectivity index (χ2n) is 5.89. The lowest BCUT2D eigenvalue weighted by atomic mass is 10.1. The Labute approximate surface area is 131 Å². The predicted molar refractivity (Wildman–Crippen MR) is 95.1 cm³/mol. The third kappa shape index (κ3) is 7.52. The number of hydrogen-bond donors (Lipinski definition) is 1. The Hall–Kier alpha value is -1.02. The monoisotopic (exact) mass is 290 g/mol. The molecule has 1 N–H and O–H groups in total. The minimum Gasteiger partial charge on any atom is -0.372 e. The van der Waals surface area contributed by atoms with E-state index in [1.807, 2.05) is 0 Å². The maximum absolute atomic E-state index is 3.55. The normalized spacial score (nSPS) is 10.8. The van der Waals surface area contributed by atoms with E-state index in [0.29, 0.717) is 0 Å². The van der Waals surface area contributed by atoms with E-state index < -0.39 is 0 Å². The summed E-state index contributed by atoms with van der Waals surface area (Å²) >= 11 is 0.